The van der Waals surface area contributed by atoms with Crippen LogP contribution in [-0.4, -0.2) is 13.3 Å². The van der Waals surface area contributed by atoms with Gasteiger partial charge in [-0.2, -0.15) is 0 Å². The van der Waals surface area contributed by atoms with Crippen LogP contribution in [0.25, 0.3) is 22.1 Å². The molecule has 0 aliphatic heterocycles. The van der Waals surface area contributed by atoms with Gasteiger partial charge in [-0.05, 0) is 47.5 Å². The lowest BCUT2D eigenvalue weighted by Gasteiger charge is -2.10. The Bertz CT molecular complexity index is 1410. The Kier molecular flexibility index (Phi) is 4.80. The number of nitro benzene ring substituents is 1. The lowest BCUT2D eigenvalue weighted by Crippen LogP contribution is -2.12. The molecule has 0 unspecified atom stereocenters. The minimum absolute atomic E-state index is 0.0661. The Labute approximate surface area is 170 Å². The molecule has 0 aliphatic rings. The van der Waals surface area contributed by atoms with E-state index in [1.54, 1.807) is 42.5 Å². The maximum absolute atomic E-state index is 12.5. The van der Waals surface area contributed by atoms with Crippen LogP contribution in [0.1, 0.15) is 0 Å². The minimum atomic E-state index is -3.80. The zero-order valence-corrected chi connectivity index (χ0v) is 16.1. The molecule has 0 fully saturated rings. The molecule has 3 aromatic carbocycles. The Hall–Kier alpha value is -3.98. The first-order chi connectivity index (χ1) is 14.3. The van der Waals surface area contributed by atoms with Crippen molar-refractivity contribution in [2.75, 3.05) is 4.72 Å². The highest BCUT2D eigenvalue weighted by atomic mass is 32.2. The van der Waals surface area contributed by atoms with Crippen LogP contribution in [-0.2, 0) is 10.0 Å². The Morgan fingerprint density at radius 1 is 0.900 bits per heavy atom. The topological polar surface area (TPSA) is 120 Å². The molecular weight excluding hydrogens is 408 g/mol. The summed E-state index contributed by atoms with van der Waals surface area (Å²) in [6.45, 7) is 0. The lowest BCUT2D eigenvalue weighted by molar-refractivity contribution is -0.384. The zero-order valence-electron chi connectivity index (χ0n) is 15.3. The number of fused-ring (bicyclic) bond motifs is 1. The summed E-state index contributed by atoms with van der Waals surface area (Å²) in [4.78, 5) is 22.5. The first-order valence-corrected chi connectivity index (χ1v) is 10.2. The highest BCUT2D eigenvalue weighted by Crippen LogP contribution is 2.30. The van der Waals surface area contributed by atoms with Gasteiger partial charge in [-0.3, -0.25) is 14.8 Å². The normalized spacial score (nSPS) is 11.3. The predicted molar refractivity (Wildman–Crippen MR) is 112 cm³/mol. The van der Waals surface area contributed by atoms with E-state index in [0.29, 0.717) is 16.5 Å². The van der Waals surface area contributed by atoms with Crippen LogP contribution >= 0.6 is 0 Å². The molecule has 1 aromatic heterocycles. The Morgan fingerprint density at radius 2 is 1.60 bits per heavy atom. The van der Waals surface area contributed by atoms with E-state index < -0.39 is 20.6 Å². The van der Waals surface area contributed by atoms with Crippen molar-refractivity contribution in [2.24, 2.45) is 0 Å². The molecule has 0 atom stereocenters. The summed E-state index contributed by atoms with van der Waals surface area (Å²) < 4.78 is 32.8. The van der Waals surface area contributed by atoms with Gasteiger partial charge in [0.15, 0.2) is 0 Å². The minimum Gasteiger partial charge on any atom is -0.423 e. The second-order valence-electron chi connectivity index (χ2n) is 6.41. The molecular formula is C21H14N2O6S. The third-order valence-electron chi connectivity index (χ3n) is 4.44. The monoisotopic (exact) mass is 422 g/mol. The largest absolute Gasteiger partial charge is 0.423 e. The molecule has 30 heavy (non-hydrogen) atoms. The fourth-order valence-electron chi connectivity index (χ4n) is 3.04. The molecule has 4 rings (SSSR count). The number of nitrogens with zero attached hydrogens (tertiary/aromatic N) is 1. The molecule has 0 saturated heterocycles. The van der Waals surface area contributed by atoms with Crippen molar-refractivity contribution in [3.05, 3.63) is 99.4 Å². The van der Waals surface area contributed by atoms with Crippen molar-refractivity contribution in [3.8, 4) is 11.1 Å². The van der Waals surface area contributed by atoms with Gasteiger partial charge >= 0.3 is 5.63 Å². The molecule has 0 radical (unpaired) electrons. The number of nitrogens with one attached hydrogen (secondary N) is 1. The molecule has 0 bridgehead atoms. The van der Waals surface area contributed by atoms with Gasteiger partial charge in [-0.15, -0.1) is 0 Å². The standard InChI is InChI=1S/C21H14N2O6S/c24-21-13-19(14-6-9-16(10-7-14)23(25)26)18-11-8-15(12-20(18)29-21)22-30(27,28)17-4-2-1-3-5-17/h1-13,22H. The molecule has 0 spiro atoms. The van der Waals surface area contributed by atoms with E-state index in [-0.39, 0.29) is 21.9 Å². The van der Waals surface area contributed by atoms with Gasteiger partial charge in [0.05, 0.1) is 15.5 Å². The second kappa shape index (κ2) is 7.45. The van der Waals surface area contributed by atoms with Crippen LogP contribution in [0.3, 0.4) is 0 Å². The highest BCUT2D eigenvalue weighted by molar-refractivity contribution is 7.92. The Morgan fingerprint density at radius 3 is 2.27 bits per heavy atom. The van der Waals surface area contributed by atoms with Crippen molar-refractivity contribution < 1.29 is 17.8 Å². The SMILES string of the molecule is O=c1cc(-c2ccc([N+](=O)[O-])cc2)c2ccc(NS(=O)(=O)c3ccccc3)cc2o1. The van der Waals surface area contributed by atoms with E-state index >= 15 is 0 Å². The van der Waals surface area contributed by atoms with Crippen LogP contribution in [0.5, 0.6) is 0 Å². The van der Waals surface area contributed by atoms with Crippen molar-refractivity contribution in [2.45, 2.75) is 4.90 Å². The summed E-state index contributed by atoms with van der Waals surface area (Å²) in [5.41, 5.74) is 0.840. The second-order valence-corrected chi connectivity index (χ2v) is 8.09. The van der Waals surface area contributed by atoms with E-state index in [9.17, 15) is 23.3 Å². The summed E-state index contributed by atoms with van der Waals surface area (Å²) in [5, 5.41) is 11.4. The van der Waals surface area contributed by atoms with Gasteiger partial charge in [-0.25, -0.2) is 13.2 Å². The number of hydrogen-bond donors (Lipinski definition) is 1. The van der Waals surface area contributed by atoms with Gasteiger partial charge in [-0.1, -0.05) is 18.2 Å². The van der Waals surface area contributed by atoms with Crippen LogP contribution in [0.2, 0.25) is 0 Å². The number of hydrogen-bond acceptors (Lipinski definition) is 6. The van der Waals surface area contributed by atoms with Gasteiger partial charge in [0.25, 0.3) is 15.7 Å². The maximum Gasteiger partial charge on any atom is 0.336 e. The van der Waals surface area contributed by atoms with E-state index in [1.807, 2.05) is 0 Å². The summed E-state index contributed by atoms with van der Waals surface area (Å²) >= 11 is 0. The molecule has 9 heteroatoms. The number of rotatable bonds is 5. The average Bonchev–Trinajstić information content (AvgIpc) is 2.73. The molecule has 0 amide bonds. The molecule has 1 N–H and O–H groups in total. The van der Waals surface area contributed by atoms with Crippen molar-refractivity contribution in [1.82, 2.24) is 0 Å². The number of sulfonamides is 1. The van der Waals surface area contributed by atoms with Gasteiger partial charge in [0.1, 0.15) is 5.58 Å². The lowest BCUT2D eigenvalue weighted by atomic mass is 10.0. The molecule has 4 aromatic rings. The molecule has 0 saturated carbocycles. The van der Waals surface area contributed by atoms with Crippen molar-refractivity contribution in [3.63, 3.8) is 0 Å². The van der Waals surface area contributed by atoms with Gasteiger partial charge in [0, 0.05) is 29.7 Å². The zero-order chi connectivity index (χ0) is 21.3. The molecule has 150 valence electrons. The summed E-state index contributed by atoms with van der Waals surface area (Å²) in [6, 6.07) is 19.5. The van der Waals surface area contributed by atoms with Crippen LogP contribution < -0.4 is 10.3 Å². The number of anilines is 1. The molecule has 8 nitrogen and oxygen atoms in total. The van der Waals surface area contributed by atoms with Crippen LogP contribution in [0.15, 0.2) is 93.0 Å². The highest BCUT2D eigenvalue weighted by Gasteiger charge is 2.15. The summed E-state index contributed by atoms with van der Waals surface area (Å²) in [5.74, 6) is 0. The molecule has 1 heterocycles. The van der Waals surface area contributed by atoms with E-state index in [0.717, 1.165) is 0 Å². The van der Waals surface area contributed by atoms with Crippen molar-refractivity contribution in [1.29, 1.82) is 0 Å². The number of non-ortho nitro benzene ring substituents is 1. The first kappa shape index (κ1) is 19.3. The number of nitro groups is 1. The van der Waals surface area contributed by atoms with E-state index in [1.165, 1.54) is 36.4 Å². The summed E-state index contributed by atoms with van der Waals surface area (Å²) in [6.07, 6.45) is 0. The smallest absolute Gasteiger partial charge is 0.336 e. The summed E-state index contributed by atoms with van der Waals surface area (Å²) in [7, 11) is -3.80. The molecule has 0 aliphatic carbocycles. The van der Waals surface area contributed by atoms with E-state index in [2.05, 4.69) is 4.72 Å². The fraction of sp³-hybridized carbons (Fsp3) is 0. The third kappa shape index (κ3) is 3.78. The fourth-order valence-corrected chi connectivity index (χ4v) is 4.11. The third-order valence-corrected chi connectivity index (χ3v) is 5.84. The van der Waals surface area contributed by atoms with Crippen LogP contribution in [0, 0.1) is 10.1 Å². The van der Waals surface area contributed by atoms with Crippen LogP contribution in [0.4, 0.5) is 11.4 Å². The first-order valence-electron chi connectivity index (χ1n) is 8.74. The Balaban J connectivity index is 1.76. The quantitative estimate of drug-likeness (QED) is 0.293. The predicted octanol–water partition coefficient (Wildman–Crippen LogP) is 4.17. The van der Waals surface area contributed by atoms with Crippen molar-refractivity contribution >= 4 is 32.4 Å². The van der Waals surface area contributed by atoms with E-state index in [4.69, 9.17) is 4.42 Å². The van der Waals surface area contributed by atoms with Gasteiger partial charge in [0.2, 0.25) is 0 Å². The maximum atomic E-state index is 12.5. The number of benzene rings is 3. The average molecular weight is 422 g/mol. The van der Waals surface area contributed by atoms with Gasteiger partial charge < -0.3 is 4.42 Å².